The fourth-order valence-corrected chi connectivity index (χ4v) is 2.27. The van der Waals surface area contributed by atoms with E-state index in [1.165, 1.54) is 0 Å². The molecule has 0 saturated carbocycles. The van der Waals surface area contributed by atoms with Crippen LogP contribution in [0.3, 0.4) is 0 Å². The van der Waals surface area contributed by atoms with Gasteiger partial charge >= 0.3 is 0 Å². The van der Waals surface area contributed by atoms with Crippen LogP contribution < -0.4 is 10.6 Å². The first kappa shape index (κ1) is 16.8. The number of aromatic nitrogens is 2. The number of benzene rings is 1. The molecule has 0 saturated heterocycles. The molecule has 3 rings (SSSR count). The normalized spacial score (nSPS) is 11.5. The first-order valence-electron chi connectivity index (χ1n) is 8.17. The van der Waals surface area contributed by atoms with Gasteiger partial charge in [-0.25, -0.2) is 4.98 Å². The van der Waals surface area contributed by atoms with Crippen LogP contribution in [-0.4, -0.2) is 23.1 Å². The molecule has 0 aliphatic heterocycles. The molecule has 2 aromatic heterocycles. The van der Waals surface area contributed by atoms with Gasteiger partial charge in [0, 0.05) is 18.7 Å². The molecule has 0 radical (unpaired) electrons. The van der Waals surface area contributed by atoms with E-state index in [0.717, 1.165) is 29.1 Å². The van der Waals surface area contributed by atoms with Crippen LogP contribution in [0.2, 0.25) is 0 Å². The molecule has 2 heterocycles. The summed E-state index contributed by atoms with van der Waals surface area (Å²) in [5, 5.41) is 10.3. The summed E-state index contributed by atoms with van der Waals surface area (Å²) in [6, 6.07) is 11.7. The van der Waals surface area contributed by atoms with Crippen molar-refractivity contribution in [2.45, 2.75) is 26.4 Å². The lowest BCUT2D eigenvalue weighted by molar-refractivity contribution is 0.374. The van der Waals surface area contributed by atoms with Gasteiger partial charge in [0.05, 0.1) is 24.5 Å². The van der Waals surface area contributed by atoms with Gasteiger partial charge in [0.1, 0.15) is 6.26 Å². The summed E-state index contributed by atoms with van der Waals surface area (Å²) < 4.78 is 10.8. The molecule has 0 spiro atoms. The van der Waals surface area contributed by atoms with Crippen molar-refractivity contribution >= 4 is 5.96 Å². The molecule has 0 aliphatic carbocycles. The van der Waals surface area contributed by atoms with Crippen molar-refractivity contribution in [1.29, 1.82) is 0 Å². The highest BCUT2D eigenvalue weighted by Gasteiger charge is 2.08. The van der Waals surface area contributed by atoms with E-state index in [-0.39, 0.29) is 0 Å². The van der Waals surface area contributed by atoms with E-state index < -0.39 is 0 Å². The molecule has 3 aromatic rings. The Kier molecular flexibility index (Phi) is 5.46. The average Bonchev–Trinajstić information content (AvgIpc) is 3.32. The van der Waals surface area contributed by atoms with Crippen LogP contribution in [0.25, 0.3) is 11.5 Å². The van der Waals surface area contributed by atoms with Crippen molar-refractivity contribution in [3.63, 3.8) is 0 Å². The van der Waals surface area contributed by atoms with E-state index in [1.54, 1.807) is 13.3 Å². The van der Waals surface area contributed by atoms with E-state index in [9.17, 15) is 0 Å². The molecule has 1 aromatic carbocycles. The predicted molar refractivity (Wildman–Crippen MR) is 94.9 cm³/mol. The Hall–Kier alpha value is -3.09. The molecule has 2 N–H and O–H groups in total. The lowest BCUT2D eigenvalue weighted by Gasteiger charge is -2.08. The first-order chi connectivity index (χ1) is 12.3. The largest absolute Gasteiger partial charge is 0.444 e. The second kappa shape index (κ2) is 8.14. The molecular weight excluding hydrogens is 318 g/mol. The Bertz CT molecular complexity index is 823. The van der Waals surface area contributed by atoms with E-state index in [1.807, 2.05) is 43.3 Å². The van der Waals surface area contributed by atoms with Gasteiger partial charge in [0.15, 0.2) is 11.7 Å². The maximum absolute atomic E-state index is 5.53. The number of nitrogens with zero attached hydrogens (tertiary/aromatic N) is 3. The van der Waals surface area contributed by atoms with Gasteiger partial charge < -0.3 is 19.6 Å². The standard InChI is InChI=1S/C18H21N5O2/c1-3-14-9-16(25-23-14)11-21-18(19-2)20-10-15-12-24-17(22-15)13-7-5-4-6-8-13/h4-9,12H,3,10-11H2,1-2H3,(H2,19,20,21). The summed E-state index contributed by atoms with van der Waals surface area (Å²) in [4.78, 5) is 8.66. The summed E-state index contributed by atoms with van der Waals surface area (Å²) >= 11 is 0. The lowest BCUT2D eigenvalue weighted by atomic mass is 10.2. The highest BCUT2D eigenvalue weighted by atomic mass is 16.5. The van der Waals surface area contributed by atoms with Crippen molar-refractivity contribution in [3.05, 3.63) is 59.8 Å². The number of aryl methyl sites for hydroxylation is 1. The number of nitrogens with one attached hydrogen (secondary N) is 2. The molecule has 0 unspecified atom stereocenters. The summed E-state index contributed by atoms with van der Waals surface area (Å²) in [7, 11) is 1.71. The second-order valence-electron chi connectivity index (χ2n) is 5.43. The molecule has 0 fully saturated rings. The Morgan fingerprint density at radius 2 is 1.92 bits per heavy atom. The van der Waals surface area contributed by atoms with Crippen LogP contribution in [0.1, 0.15) is 24.1 Å². The highest BCUT2D eigenvalue weighted by molar-refractivity contribution is 5.79. The molecule has 130 valence electrons. The van der Waals surface area contributed by atoms with Crippen LogP contribution >= 0.6 is 0 Å². The van der Waals surface area contributed by atoms with Gasteiger partial charge in [-0.1, -0.05) is 30.3 Å². The second-order valence-corrected chi connectivity index (χ2v) is 5.43. The van der Waals surface area contributed by atoms with Gasteiger partial charge in [0.25, 0.3) is 0 Å². The van der Waals surface area contributed by atoms with Gasteiger partial charge in [-0.15, -0.1) is 0 Å². The fourth-order valence-electron chi connectivity index (χ4n) is 2.27. The third kappa shape index (κ3) is 4.47. The van der Waals surface area contributed by atoms with Crippen molar-refractivity contribution < 1.29 is 8.94 Å². The maximum Gasteiger partial charge on any atom is 0.226 e. The Balaban J connectivity index is 1.52. The number of hydrogen-bond acceptors (Lipinski definition) is 5. The maximum atomic E-state index is 5.53. The van der Waals surface area contributed by atoms with Crippen LogP contribution in [-0.2, 0) is 19.5 Å². The van der Waals surface area contributed by atoms with Crippen molar-refractivity contribution in [2.75, 3.05) is 7.05 Å². The fraction of sp³-hybridized carbons (Fsp3) is 0.278. The van der Waals surface area contributed by atoms with Crippen molar-refractivity contribution in [3.8, 4) is 11.5 Å². The minimum Gasteiger partial charge on any atom is -0.444 e. The number of aliphatic imine (C=N–C) groups is 1. The zero-order valence-electron chi connectivity index (χ0n) is 14.3. The first-order valence-corrected chi connectivity index (χ1v) is 8.17. The molecule has 0 amide bonds. The molecular formula is C18H21N5O2. The van der Waals surface area contributed by atoms with Crippen LogP contribution in [0.4, 0.5) is 0 Å². The van der Waals surface area contributed by atoms with E-state index >= 15 is 0 Å². The SMILES string of the molecule is CCc1cc(CNC(=NC)NCc2coc(-c3ccccc3)n2)on1. The number of guanidine groups is 1. The van der Waals surface area contributed by atoms with Crippen molar-refractivity contribution in [1.82, 2.24) is 20.8 Å². The number of hydrogen-bond donors (Lipinski definition) is 2. The molecule has 25 heavy (non-hydrogen) atoms. The molecule has 7 heteroatoms. The van der Waals surface area contributed by atoms with Gasteiger partial charge in [0.2, 0.25) is 5.89 Å². The monoisotopic (exact) mass is 339 g/mol. The van der Waals surface area contributed by atoms with Crippen LogP contribution in [0.15, 0.2) is 56.6 Å². The van der Waals surface area contributed by atoms with E-state index in [0.29, 0.717) is 24.9 Å². The Labute approximate surface area is 146 Å². The minimum absolute atomic E-state index is 0.507. The van der Waals surface area contributed by atoms with Crippen LogP contribution in [0, 0.1) is 0 Å². The highest BCUT2D eigenvalue weighted by Crippen LogP contribution is 2.17. The summed E-state index contributed by atoms with van der Waals surface area (Å²) in [5.74, 6) is 2.03. The molecule has 7 nitrogen and oxygen atoms in total. The topological polar surface area (TPSA) is 88.5 Å². The summed E-state index contributed by atoms with van der Waals surface area (Å²) in [5.41, 5.74) is 2.69. The smallest absolute Gasteiger partial charge is 0.226 e. The number of oxazole rings is 1. The number of rotatable bonds is 6. The molecule has 0 bridgehead atoms. The zero-order chi connectivity index (χ0) is 17.5. The Morgan fingerprint density at radius 1 is 1.12 bits per heavy atom. The van der Waals surface area contributed by atoms with Crippen LogP contribution in [0.5, 0.6) is 0 Å². The Morgan fingerprint density at radius 3 is 2.64 bits per heavy atom. The van der Waals surface area contributed by atoms with E-state index in [4.69, 9.17) is 8.94 Å². The van der Waals surface area contributed by atoms with Gasteiger partial charge in [-0.2, -0.15) is 0 Å². The predicted octanol–water partition coefficient (Wildman–Crippen LogP) is 2.76. The average molecular weight is 339 g/mol. The third-order valence-corrected chi connectivity index (χ3v) is 3.63. The van der Waals surface area contributed by atoms with Crippen molar-refractivity contribution in [2.24, 2.45) is 4.99 Å². The molecule has 0 aliphatic rings. The third-order valence-electron chi connectivity index (χ3n) is 3.63. The van der Waals surface area contributed by atoms with E-state index in [2.05, 4.69) is 25.8 Å². The zero-order valence-corrected chi connectivity index (χ0v) is 14.3. The minimum atomic E-state index is 0.507. The van der Waals surface area contributed by atoms with Gasteiger partial charge in [-0.3, -0.25) is 4.99 Å². The lowest BCUT2D eigenvalue weighted by Crippen LogP contribution is -2.36. The summed E-state index contributed by atoms with van der Waals surface area (Å²) in [6.07, 6.45) is 2.50. The molecule has 0 atom stereocenters. The summed E-state index contributed by atoms with van der Waals surface area (Å²) in [6.45, 7) is 3.06. The van der Waals surface area contributed by atoms with Gasteiger partial charge in [-0.05, 0) is 18.6 Å². The quantitative estimate of drug-likeness (QED) is 0.530.